The number of likely N-dealkylation sites (tertiary alicyclic amines) is 1. The molecule has 3 rings (SSSR count). The van der Waals surface area contributed by atoms with Crippen LogP contribution in [0.2, 0.25) is 13.3 Å². The molecular weight excluding hydrogens is 521 g/mol. The van der Waals surface area contributed by atoms with Gasteiger partial charge in [-0.1, -0.05) is 6.07 Å². The molecule has 1 fully saturated rings. The number of rotatable bonds is 14. The fourth-order valence-electron chi connectivity index (χ4n) is 6.11. The number of benzene rings is 2. The first-order valence-corrected chi connectivity index (χ1v) is 21.7. The topological polar surface area (TPSA) is 23.5 Å². The number of nitrogens with zero attached hydrogens (tertiary/aromatic N) is 1. The molecule has 0 saturated carbocycles. The molecule has 0 aromatic heterocycles. The van der Waals surface area contributed by atoms with Crippen LogP contribution in [0, 0.1) is 0 Å². The van der Waals surface area contributed by atoms with E-state index in [9.17, 15) is 5.11 Å². The third kappa shape index (κ3) is 7.34. The molecule has 1 unspecified atom stereocenters. The second-order valence-electron chi connectivity index (χ2n) is 10.6. The molecule has 1 aliphatic heterocycles. The van der Waals surface area contributed by atoms with Gasteiger partial charge >= 0.3 is 209 Å². The Bertz CT molecular complexity index is 776. The zero-order valence-electron chi connectivity index (χ0n) is 22.1. The van der Waals surface area contributed by atoms with E-state index < -0.39 is 18.4 Å². The van der Waals surface area contributed by atoms with Gasteiger partial charge in [0.15, 0.2) is 0 Å². The van der Waals surface area contributed by atoms with Crippen LogP contribution in [-0.4, -0.2) is 48.1 Å². The Labute approximate surface area is 214 Å². The minimum atomic E-state index is -2.38. The fourth-order valence-corrected chi connectivity index (χ4v) is 22.0. The van der Waals surface area contributed by atoms with Gasteiger partial charge in [-0.3, -0.25) is 0 Å². The van der Waals surface area contributed by atoms with E-state index >= 15 is 0 Å². The normalized spacial score (nSPS) is 16.6. The zero-order chi connectivity index (χ0) is 24.2. The molecular formula is C31H49NOSn. The Kier molecular flexibility index (Phi) is 12.0. The number of hydrogen-bond donors (Lipinski definition) is 1. The second-order valence-corrected chi connectivity index (χ2v) is 23.9. The standard InChI is InChI=1S/C19H22NO.3C4H9.Sn/c21-15-19(18-9-5-2-6-10-18)20-13-11-17(12-14-20)16-7-3-1-4-8-16;3*1-3-4-2;/h1,3-10,17,19,21H,11-15H2;3*1,3-4H2,2H3;. The second kappa shape index (κ2) is 14.7. The summed E-state index contributed by atoms with van der Waals surface area (Å²) in [5.74, 6) is 0.657. The average Bonchev–Trinajstić information content (AvgIpc) is 2.90. The zero-order valence-corrected chi connectivity index (χ0v) is 25.0. The Morgan fingerprint density at radius 2 is 1.32 bits per heavy atom. The van der Waals surface area contributed by atoms with Crippen molar-refractivity contribution in [2.75, 3.05) is 19.7 Å². The van der Waals surface area contributed by atoms with Gasteiger partial charge in [0.25, 0.3) is 0 Å². The van der Waals surface area contributed by atoms with Crippen molar-refractivity contribution >= 4 is 22.0 Å². The molecule has 3 heteroatoms. The van der Waals surface area contributed by atoms with Gasteiger partial charge in [-0.15, -0.1) is 0 Å². The van der Waals surface area contributed by atoms with E-state index in [0.29, 0.717) is 5.92 Å². The molecule has 1 N–H and O–H groups in total. The van der Waals surface area contributed by atoms with Crippen LogP contribution < -0.4 is 3.58 Å². The number of piperidine rings is 1. The summed E-state index contributed by atoms with van der Waals surface area (Å²) >= 11 is -2.38. The van der Waals surface area contributed by atoms with Gasteiger partial charge < -0.3 is 0 Å². The molecule has 1 aliphatic rings. The van der Waals surface area contributed by atoms with Crippen molar-refractivity contribution in [1.29, 1.82) is 0 Å². The molecule has 1 atom stereocenters. The molecule has 188 valence electrons. The molecule has 2 aromatic carbocycles. The average molecular weight is 570 g/mol. The van der Waals surface area contributed by atoms with Crippen molar-refractivity contribution in [2.45, 2.75) is 97.4 Å². The Balaban J connectivity index is 1.73. The van der Waals surface area contributed by atoms with Gasteiger partial charge in [-0.05, 0) is 0 Å². The number of unbranched alkanes of at least 4 members (excludes halogenated alkanes) is 3. The minimum absolute atomic E-state index is 0.136. The maximum absolute atomic E-state index is 10.4. The molecule has 0 bridgehead atoms. The van der Waals surface area contributed by atoms with Crippen molar-refractivity contribution in [3.8, 4) is 0 Å². The summed E-state index contributed by atoms with van der Waals surface area (Å²) in [7, 11) is 0. The predicted molar refractivity (Wildman–Crippen MR) is 151 cm³/mol. The van der Waals surface area contributed by atoms with E-state index in [0.717, 1.165) is 13.1 Å². The first-order chi connectivity index (χ1) is 16.7. The van der Waals surface area contributed by atoms with E-state index in [-0.39, 0.29) is 12.6 Å². The van der Waals surface area contributed by atoms with Crippen LogP contribution in [0.5, 0.6) is 0 Å². The van der Waals surface area contributed by atoms with Gasteiger partial charge in [0.1, 0.15) is 0 Å². The van der Waals surface area contributed by atoms with Gasteiger partial charge in [-0.25, -0.2) is 0 Å². The van der Waals surface area contributed by atoms with Gasteiger partial charge in [0.05, 0.1) is 0 Å². The predicted octanol–water partition coefficient (Wildman–Crippen LogP) is 7.66. The van der Waals surface area contributed by atoms with Crippen LogP contribution in [0.25, 0.3) is 0 Å². The third-order valence-corrected chi connectivity index (χ3v) is 24.0. The molecule has 2 aromatic rings. The quantitative estimate of drug-likeness (QED) is 0.236. The SMILES string of the molecule is CCC[CH2][Sn]([CH2]CCC)([CH2]CCC)[c]1ccc(C(CO)N2CCC(c3ccccc3)CC2)cc1. The van der Waals surface area contributed by atoms with E-state index in [1.807, 2.05) is 0 Å². The first-order valence-electron chi connectivity index (χ1n) is 14.2. The summed E-state index contributed by atoms with van der Waals surface area (Å²) < 4.78 is 6.29. The monoisotopic (exact) mass is 571 g/mol. The summed E-state index contributed by atoms with van der Waals surface area (Å²) in [5.41, 5.74) is 2.79. The van der Waals surface area contributed by atoms with E-state index in [1.165, 1.54) is 75.8 Å². The molecule has 0 radical (unpaired) electrons. The van der Waals surface area contributed by atoms with Crippen LogP contribution in [0.1, 0.15) is 95.2 Å². The van der Waals surface area contributed by atoms with Gasteiger partial charge in [-0.2, -0.15) is 0 Å². The van der Waals surface area contributed by atoms with Crippen molar-refractivity contribution in [1.82, 2.24) is 4.90 Å². The van der Waals surface area contributed by atoms with Crippen LogP contribution in [0.15, 0.2) is 54.6 Å². The van der Waals surface area contributed by atoms with Crippen molar-refractivity contribution in [3.63, 3.8) is 0 Å². The van der Waals surface area contributed by atoms with Crippen molar-refractivity contribution in [3.05, 3.63) is 65.7 Å². The first kappa shape index (κ1) is 27.7. The number of hydrogen-bond acceptors (Lipinski definition) is 2. The van der Waals surface area contributed by atoms with Crippen molar-refractivity contribution in [2.24, 2.45) is 0 Å². The van der Waals surface area contributed by atoms with Crippen LogP contribution >= 0.6 is 0 Å². The molecule has 34 heavy (non-hydrogen) atoms. The van der Waals surface area contributed by atoms with E-state index in [1.54, 1.807) is 3.58 Å². The summed E-state index contributed by atoms with van der Waals surface area (Å²) in [5, 5.41) is 10.4. The summed E-state index contributed by atoms with van der Waals surface area (Å²) in [6, 6.07) is 20.9. The Morgan fingerprint density at radius 3 is 1.79 bits per heavy atom. The van der Waals surface area contributed by atoms with Crippen molar-refractivity contribution < 1.29 is 5.11 Å². The van der Waals surface area contributed by atoms with Gasteiger partial charge in [0, 0.05) is 0 Å². The van der Waals surface area contributed by atoms with Gasteiger partial charge in [0.2, 0.25) is 0 Å². The number of aliphatic hydroxyl groups excluding tert-OH is 1. The maximum atomic E-state index is 10.4. The molecule has 0 spiro atoms. The Hall–Kier alpha value is -0.841. The summed E-state index contributed by atoms with van der Waals surface area (Å²) in [6.45, 7) is 9.41. The summed E-state index contributed by atoms with van der Waals surface area (Å²) in [6.07, 6.45) is 10.5. The fraction of sp³-hybridized carbons (Fsp3) is 0.613. The molecule has 0 amide bonds. The Morgan fingerprint density at radius 1 is 0.794 bits per heavy atom. The molecule has 0 aliphatic carbocycles. The van der Waals surface area contributed by atoms with Crippen LogP contribution in [-0.2, 0) is 0 Å². The van der Waals surface area contributed by atoms with Crippen LogP contribution in [0.3, 0.4) is 0 Å². The third-order valence-electron chi connectivity index (χ3n) is 8.35. The van der Waals surface area contributed by atoms with Crippen LogP contribution in [0.4, 0.5) is 0 Å². The molecule has 2 nitrogen and oxygen atoms in total. The number of aliphatic hydroxyl groups is 1. The molecule has 1 heterocycles. The van der Waals surface area contributed by atoms with E-state index in [2.05, 4.69) is 80.3 Å². The molecule has 1 saturated heterocycles. The summed E-state index contributed by atoms with van der Waals surface area (Å²) in [4.78, 5) is 2.52. The van der Waals surface area contributed by atoms with E-state index in [4.69, 9.17) is 0 Å².